The standard InChI is InChI=1S/C14H12Cl2O/c15-8-10-4-3-5-12(11(10)9-16)14-7-2-1-6-13(14)17-14/h1-7,13H,8-9H2. The molecular weight excluding hydrogens is 255 g/mol. The summed E-state index contributed by atoms with van der Waals surface area (Å²) in [7, 11) is 0. The predicted octanol–water partition coefficient (Wildman–Crippen LogP) is 3.88. The molecule has 1 nitrogen and oxygen atoms in total. The van der Waals surface area contributed by atoms with Crippen LogP contribution >= 0.6 is 23.2 Å². The summed E-state index contributed by atoms with van der Waals surface area (Å²) in [6.45, 7) is 0. The van der Waals surface area contributed by atoms with Crippen molar-refractivity contribution < 1.29 is 4.74 Å². The number of hydrogen-bond acceptors (Lipinski definition) is 1. The number of rotatable bonds is 3. The van der Waals surface area contributed by atoms with E-state index in [0.717, 1.165) is 16.7 Å². The first-order valence-electron chi connectivity index (χ1n) is 5.59. The summed E-state index contributed by atoms with van der Waals surface area (Å²) in [4.78, 5) is 0. The van der Waals surface area contributed by atoms with Gasteiger partial charge in [0.05, 0.1) is 0 Å². The van der Waals surface area contributed by atoms with Crippen LogP contribution in [0.1, 0.15) is 16.7 Å². The number of hydrogen-bond donors (Lipinski definition) is 0. The van der Waals surface area contributed by atoms with Crippen molar-refractivity contribution in [1.29, 1.82) is 0 Å². The fourth-order valence-electron chi connectivity index (χ4n) is 2.45. The minimum absolute atomic E-state index is 0.153. The molecule has 0 aromatic heterocycles. The molecule has 2 unspecified atom stereocenters. The third kappa shape index (κ3) is 1.65. The lowest BCUT2D eigenvalue weighted by Gasteiger charge is -2.16. The molecule has 3 heteroatoms. The van der Waals surface area contributed by atoms with E-state index in [4.69, 9.17) is 27.9 Å². The smallest absolute Gasteiger partial charge is 0.142 e. The third-order valence-corrected chi connectivity index (χ3v) is 3.96. The van der Waals surface area contributed by atoms with Gasteiger partial charge >= 0.3 is 0 Å². The van der Waals surface area contributed by atoms with Gasteiger partial charge in [-0.3, -0.25) is 0 Å². The van der Waals surface area contributed by atoms with E-state index in [2.05, 4.69) is 18.2 Å². The molecule has 0 saturated carbocycles. The van der Waals surface area contributed by atoms with E-state index in [1.807, 2.05) is 24.3 Å². The van der Waals surface area contributed by atoms with Crippen LogP contribution in [0.3, 0.4) is 0 Å². The molecule has 17 heavy (non-hydrogen) atoms. The molecule has 88 valence electrons. The highest BCUT2D eigenvalue weighted by Gasteiger charge is 2.56. The van der Waals surface area contributed by atoms with Crippen molar-refractivity contribution in [2.75, 3.05) is 0 Å². The Bertz CT molecular complexity index is 507. The van der Waals surface area contributed by atoms with Crippen LogP contribution in [0, 0.1) is 0 Å². The van der Waals surface area contributed by atoms with Crippen molar-refractivity contribution in [2.24, 2.45) is 0 Å². The zero-order valence-electron chi connectivity index (χ0n) is 9.20. The molecule has 2 aliphatic rings. The maximum absolute atomic E-state index is 6.06. The molecule has 1 aliphatic heterocycles. The lowest BCUT2D eigenvalue weighted by atomic mass is 9.87. The van der Waals surface area contributed by atoms with E-state index in [-0.39, 0.29) is 11.7 Å². The third-order valence-electron chi connectivity index (χ3n) is 3.40. The van der Waals surface area contributed by atoms with Gasteiger partial charge in [-0.05, 0) is 22.8 Å². The van der Waals surface area contributed by atoms with E-state index in [9.17, 15) is 0 Å². The van der Waals surface area contributed by atoms with Gasteiger partial charge in [-0.15, -0.1) is 23.2 Å². The van der Waals surface area contributed by atoms with Crippen molar-refractivity contribution in [3.63, 3.8) is 0 Å². The van der Waals surface area contributed by atoms with Gasteiger partial charge in [0, 0.05) is 11.8 Å². The maximum Gasteiger partial charge on any atom is 0.142 e. The van der Waals surface area contributed by atoms with E-state index in [0.29, 0.717) is 11.8 Å². The Morgan fingerprint density at radius 3 is 2.76 bits per heavy atom. The van der Waals surface area contributed by atoms with Crippen molar-refractivity contribution in [1.82, 2.24) is 0 Å². The second-order valence-electron chi connectivity index (χ2n) is 4.29. The molecule has 1 fully saturated rings. The van der Waals surface area contributed by atoms with Crippen LogP contribution in [0.15, 0.2) is 42.5 Å². The van der Waals surface area contributed by atoms with Gasteiger partial charge in [-0.2, -0.15) is 0 Å². The van der Waals surface area contributed by atoms with Gasteiger partial charge < -0.3 is 4.74 Å². The van der Waals surface area contributed by atoms with Crippen LogP contribution < -0.4 is 0 Å². The van der Waals surface area contributed by atoms with Gasteiger partial charge in [-0.25, -0.2) is 0 Å². The minimum atomic E-state index is -0.291. The maximum atomic E-state index is 6.06. The molecular formula is C14H12Cl2O. The highest BCUT2D eigenvalue weighted by atomic mass is 35.5. The first-order chi connectivity index (χ1) is 8.31. The van der Waals surface area contributed by atoms with Gasteiger partial charge in [0.15, 0.2) is 0 Å². The molecule has 1 aromatic rings. The Morgan fingerprint density at radius 2 is 2.06 bits per heavy atom. The Hall–Kier alpha value is -0.760. The zero-order valence-corrected chi connectivity index (χ0v) is 10.7. The average Bonchev–Trinajstić information content (AvgIpc) is 3.13. The molecule has 3 rings (SSSR count). The summed E-state index contributed by atoms with van der Waals surface area (Å²) in [6.07, 6.45) is 8.36. The Labute approximate surface area is 111 Å². The Morgan fingerprint density at radius 1 is 1.18 bits per heavy atom. The topological polar surface area (TPSA) is 12.5 Å². The SMILES string of the molecule is ClCc1cccc(C23C=CC=CC2O3)c1CCl. The number of alkyl halides is 2. The van der Waals surface area contributed by atoms with Gasteiger partial charge in [-0.1, -0.05) is 36.4 Å². The molecule has 0 bridgehead atoms. The van der Waals surface area contributed by atoms with Crippen LogP contribution in [-0.4, -0.2) is 6.10 Å². The first-order valence-corrected chi connectivity index (χ1v) is 6.66. The highest BCUT2D eigenvalue weighted by molar-refractivity contribution is 6.18. The zero-order chi connectivity index (χ0) is 11.9. The summed E-state index contributed by atoms with van der Waals surface area (Å²) >= 11 is 12.0. The minimum Gasteiger partial charge on any atom is -0.352 e. The average molecular weight is 267 g/mol. The fraction of sp³-hybridized carbons (Fsp3) is 0.286. The largest absolute Gasteiger partial charge is 0.352 e. The number of halogens is 2. The number of benzene rings is 1. The Kier molecular flexibility index (Phi) is 2.78. The van der Waals surface area contributed by atoms with E-state index in [1.54, 1.807) is 0 Å². The monoisotopic (exact) mass is 266 g/mol. The molecule has 1 saturated heterocycles. The predicted molar refractivity (Wildman–Crippen MR) is 70.4 cm³/mol. The van der Waals surface area contributed by atoms with Crippen LogP contribution in [0.2, 0.25) is 0 Å². The summed E-state index contributed by atoms with van der Waals surface area (Å²) in [5.74, 6) is 0.948. The van der Waals surface area contributed by atoms with Crippen molar-refractivity contribution >= 4 is 23.2 Å². The fourth-order valence-corrected chi connectivity index (χ4v) is 3.01. The molecule has 0 amide bonds. The molecule has 0 radical (unpaired) electrons. The van der Waals surface area contributed by atoms with E-state index in [1.165, 1.54) is 0 Å². The number of allylic oxidation sites excluding steroid dienone is 2. The van der Waals surface area contributed by atoms with Gasteiger partial charge in [0.2, 0.25) is 0 Å². The lowest BCUT2D eigenvalue weighted by molar-refractivity contribution is 0.345. The summed E-state index contributed by atoms with van der Waals surface area (Å²) in [5.41, 5.74) is 3.05. The van der Waals surface area contributed by atoms with E-state index >= 15 is 0 Å². The normalized spacial score (nSPS) is 29.2. The Balaban J connectivity index is 2.10. The van der Waals surface area contributed by atoms with Crippen LogP contribution in [0.25, 0.3) is 0 Å². The van der Waals surface area contributed by atoms with Crippen LogP contribution in [0.4, 0.5) is 0 Å². The quantitative estimate of drug-likeness (QED) is 0.598. The highest BCUT2D eigenvalue weighted by Crippen LogP contribution is 2.51. The summed E-state index contributed by atoms with van der Waals surface area (Å²) in [5, 5.41) is 0. The molecule has 1 aromatic carbocycles. The van der Waals surface area contributed by atoms with Crippen molar-refractivity contribution in [2.45, 2.75) is 23.5 Å². The van der Waals surface area contributed by atoms with Crippen LogP contribution in [0.5, 0.6) is 0 Å². The van der Waals surface area contributed by atoms with Gasteiger partial charge in [0.1, 0.15) is 11.7 Å². The second kappa shape index (κ2) is 4.16. The second-order valence-corrected chi connectivity index (χ2v) is 4.82. The number of ether oxygens (including phenoxy) is 1. The lowest BCUT2D eigenvalue weighted by Crippen LogP contribution is -2.14. The summed E-state index contributed by atoms with van der Waals surface area (Å²) in [6, 6.07) is 6.12. The van der Waals surface area contributed by atoms with E-state index < -0.39 is 0 Å². The van der Waals surface area contributed by atoms with Gasteiger partial charge in [0.25, 0.3) is 0 Å². The molecule has 0 spiro atoms. The summed E-state index contributed by atoms with van der Waals surface area (Å²) < 4.78 is 5.82. The van der Waals surface area contributed by atoms with Crippen molar-refractivity contribution in [3.8, 4) is 0 Å². The molecule has 0 N–H and O–H groups in total. The number of epoxide rings is 1. The first kappa shape index (κ1) is 11.3. The van der Waals surface area contributed by atoms with Crippen molar-refractivity contribution in [3.05, 3.63) is 59.2 Å². The molecule has 1 aliphatic carbocycles. The molecule has 2 atom stereocenters. The number of fused-ring (bicyclic) bond motifs is 1. The molecule has 1 heterocycles. The van der Waals surface area contributed by atoms with Crippen LogP contribution in [-0.2, 0) is 22.1 Å².